The second-order valence-electron chi connectivity index (χ2n) is 2.40. The SMILES string of the molecule is CSc1cccc2[nH]ccc12. The summed E-state index contributed by atoms with van der Waals surface area (Å²) in [6.45, 7) is 0. The summed E-state index contributed by atoms with van der Waals surface area (Å²) in [6, 6.07) is 8.42. The highest BCUT2D eigenvalue weighted by atomic mass is 32.2. The molecule has 11 heavy (non-hydrogen) atoms. The van der Waals surface area contributed by atoms with Gasteiger partial charge in [-0.2, -0.15) is 0 Å². The second-order valence-corrected chi connectivity index (χ2v) is 3.25. The van der Waals surface area contributed by atoms with E-state index in [4.69, 9.17) is 0 Å². The minimum absolute atomic E-state index is 1.22. The lowest BCUT2D eigenvalue weighted by Crippen LogP contribution is -1.70. The standard InChI is InChI=1S/C9H9NS/c1-11-9-4-2-3-8-7(9)5-6-10-8/h2-6,10H,1H3. The summed E-state index contributed by atoms with van der Waals surface area (Å²) in [5.41, 5.74) is 1.22. The summed E-state index contributed by atoms with van der Waals surface area (Å²) in [5, 5.41) is 1.32. The van der Waals surface area contributed by atoms with Crippen molar-refractivity contribution in [1.82, 2.24) is 4.98 Å². The maximum Gasteiger partial charge on any atom is 0.0465 e. The van der Waals surface area contributed by atoms with Gasteiger partial charge in [0.15, 0.2) is 0 Å². The van der Waals surface area contributed by atoms with Crippen molar-refractivity contribution < 1.29 is 0 Å². The zero-order chi connectivity index (χ0) is 7.68. The molecule has 0 aliphatic rings. The van der Waals surface area contributed by atoms with Crippen LogP contribution in [0.2, 0.25) is 0 Å². The number of hydrogen-bond acceptors (Lipinski definition) is 1. The maximum atomic E-state index is 3.18. The van der Waals surface area contributed by atoms with Gasteiger partial charge in [-0.3, -0.25) is 0 Å². The maximum absolute atomic E-state index is 3.18. The van der Waals surface area contributed by atoms with Crippen molar-refractivity contribution in [3.63, 3.8) is 0 Å². The third kappa shape index (κ3) is 1.03. The van der Waals surface area contributed by atoms with E-state index in [1.165, 1.54) is 15.8 Å². The quantitative estimate of drug-likeness (QED) is 0.639. The van der Waals surface area contributed by atoms with E-state index in [1.54, 1.807) is 11.8 Å². The van der Waals surface area contributed by atoms with E-state index >= 15 is 0 Å². The second kappa shape index (κ2) is 2.62. The summed E-state index contributed by atoms with van der Waals surface area (Å²) in [4.78, 5) is 4.52. The lowest BCUT2D eigenvalue weighted by molar-refractivity contribution is 1.47. The third-order valence-corrected chi connectivity index (χ3v) is 2.57. The van der Waals surface area contributed by atoms with E-state index in [9.17, 15) is 0 Å². The highest BCUT2D eigenvalue weighted by Crippen LogP contribution is 2.24. The Bertz CT molecular complexity index is 364. The molecule has 0 aliphatic heterocycles. The van der Waals surface area contributed by atoms with Crippen LogP contribution in [0.3, 0.4) is 0 Å². The van der Waals surface area contributed by atoms with Crippen molar-refractivity contribution in [1.29, 1.82) is 0 Å². The van der Waals surface area contributed by atoms with Gasteiger partial charge in [0.1, 0.15) is 0 Å². The number of aromatic nitrogens is 1. The Morgan fingerprint density at radius 2 is 2.18 bits per heavy atom. The molecule has 1 N–H and O–H groups in total. The summed E-state index contributed by atoms with van der Waals surface area (Å²) in [6.07, 6.45) is 4.08. The molecule has 1 heterocycles. The zero-order valence-corrected chi connectivity index (χ0v) is 7.11. The van der Waals surface area contributed by atoms with Gasteiger partial charge < -0.3 is 4.98 Å². The lowest BCUT2D eigenvalue weighted by atomic mass is 10.2. The molecule has 2 heteroatoms. The summed E-state index contributed by atoms with van der Waals surface area (Å²) in [5.74, 6) is 0. The zero-order valence-electron chi connectivity index (χ0n) is 6.29. The molecule has 0 radical (unpaired) electrons. The summed E-state index contributed by atoms with van der Waals surface area (Å²) < 4.78 is 0. The molecule has 1 aromatic heterocycles. The van der Waals surface area contributed by atoms with Crippen molar-refractivity contribution in [3.8, 4) is 0 Å². The summed E-state index contributed by atoms with van der Waals surface area (Å²) >= 11 is 1.78. The van der Waals surface area contributed by atoms with Crippen LogP contribution in [-0.4, -0.2) is 11.2 Å². The Morgan fingerprint density at radius 1 is 1.27 bits per heavy atom. The van der Waals surface area contributed by atoms with Crippen LogP contribution in [0.4, 0.5) is 0 Å². The molecule has 0 saturated heterocycles. The summed E-state index contributed by atoms with van der Waals surface area (Å²) in [7, 11) is 0. The molecular weight excluding hydrogens is 154 g/mol. The number of nitrogens with one attached hydrogen (secondary N) is 1. The minimum atomic E-state index is 1.22. The Labute approximate surface area is 69.8 Å². The first kappa shape index (κ1) is 6.80. The molecule has 1 aromatic carbocycles. The van der Waals surface area contributed by atoms with Crippen LogP contribution in [-0.2, 0) is 0 Å². The fraction of sp³-hybridized carbons (Fsp3) is 0.111. The lowest BCUT2D eigenvalue weighted by Gasteiger charge is -1.96. The Morgan fingerprint density at radius 3 is 3.00 bits per heavy atom. The van der Waals surface area contributed by atoms with Crippen LogP contribution >= 0.6 is 11.8 Å². The Hall–Kier alpha value is -0.890. The molecule has 0 saturated carbocycles. The van der Waals surface area contributed by atoms with E-state index < -0.39 is 0 Å². The molecule has 2 aromatic rings. The number of aromatic amines is 1. The van der Waals surface area contributed by atoms with Gasteiger partial charge in [-0.05, 0) is 24.5 Å². The third-order valence-electron chi connectivity index (χ3n) is 1.77. The van der Waals surface area contributed by atoms with Gasteiger partial charge in [0, 0.05) is 22.0 Å². The van der Waals surface area contributed by atoms with Crippen LogP contribution in [0.5, 0.6) is 0 Å². The van der Waals surface area contributed by atoms with Gasteiger partial charge in [-0.15, -0.1) is 11.8 Å². The number of benzene rings is 1. The van der Waals surface area contributed by atoms with Crippen molar-refractivity contribution >= 4 is 22.7 Å². The van der Waals surface area contributed by atoms with Crippen LogP contribution < -0.4 is 0 Å². The number of H-pyrrole nitrogens is 1. The van der Waals surface area contributed by atoms with E-state index in [1.807, 2.05) is 6.20 Å². The predicted molar refractivity (Wildman–Crippen MR) is 50.1 cm³/mol. The molecule has 0 unspecified atom stereocenters. The molecule has 1 nitrogen and oxygen atoms in total. The first-order chi connectivity index (χ1) is 5.42. The van der Waals surface area contributed by atoms with Gasteiger partial charge in [0.2, 0.25) is 0 Å². The molecule has 0 amide bonds. The van der Waals surface area contributed by atoms with Crippen molar-refractivity contribution in [2.75, 3.05) is 6.26 Å². The molecule has 0 aliphatic carbocycles. The van der Waals surface area contributed by atoms with E-state index in [0.717, 1.165) is 0 Å². The fourth-order valence-corrected chi connectivity index (χ4v) is 1.85. The number of rotatable bonds is 1. The van der Waals surface area contributed by atoms with Crippen molar-refractivity contribution in [3.05, 3.63) is 30.5 Å². The van der Waals surface area contributed by atoms with Gasteiger partial charge in [0.25, 0.3) is 0 Å². The topological polar surface area (TPSA) is 15.8 Å². The monoisotopic (exact) mass is 163 g/mol. The average Bonchev–Trinajstić information content (AvgIpc) is 2.50. The van der Waals surface area contributed by atoms with E-state index in [-0.39, 0.29) is 0 Å². The van der Waals surface area contributed by atoms with E-state index in [0.29, 0.717) is 0 Å². The van der Waals surface area contributed by atoms with Gasteiger partial charge >= 0.3 is 0 Å². The van der Waals surface area contributed by atoms with Crippen molar-refractivity contribution in [2.45, 2.75) is 4.90 Å². The van der Waals surface area contributed by atoms with Crippen LogP contribution in [0, 0.1) is 0 Å². The fourth-order valence-electron chi connectivity index (χ4n) is 1.23. The normalized spacial score (nSPS) is 10.6. The average molecular weight is 163 g/mol. The van der Waals surface area contributed by atoms with Crippen LogP contribution in [0.15, 0.2) is 35.4 Å². The van der Waals surface area contributed by atoms with Gasteiger partial charge in [0.05, 0.1) is 0 Å². The minimum Gasteiger partial charge on any atom is -0.361 e. The molecular formula is C9H9NS. The first-order valence-corrected chi connectivity index (χ1v) is 4.74. The van der Waals surface area contributed by atoms with Gasteiger partial charge in [-0.1, -0.05) is 6.07 Å². The van der Waals surface area contributed by atoms with E-state index in [2.05, 4.69) is 35.5 Å². The molecule has 0 bridgehead atoms. The number of thioether (sulfide) groups is 1. The van der Waals surface area contributed by atoms with Gasteiger partial charge in [-0.25, -0.2) is 0 Å². The van der Waals surface area contributed by atoms with Crippen LogP contribution in [0.25, 0.3) is 10.9 Å². The molecule has 0 spiro atoms. The molecule has 0 fully saturated rings. The number of hydrogen-bond donors (Lipinski definition) is 1. The Kier molecular flexibility index (Phi) is 1.62. The van der Waals surface area contributed by atoms with Crippen LogP contribution in [0.1, 0.15) is 0 Å². The molecule has 0 atom stereocenters. The predicted octanol–water partition coefficient (Wildman–Crippen LogP) is 2.89. The largest absolute Gasteiger partial charge is 0.361 e. The molecule has 2 rings (SSSR count). The van der Waals surface area contributed by atoms with Crippen molar-refractivity contribution in [2.24, 2.45) is 0 Å². The highest BCUT2D eigenvalue weighted by molar-refractivity contribution is 7.98. The molecule has 56 valence electrons. The Balaban J connectivity index is 2.79. The first-order valence-electron chi connectivity index (χ1n) is 3.52. The highest BCUT2D eigenvalue weighted by Gasteiger charge is 1.97. The smallest absolute Gasteiger partial charge is 0.0465 e. The number of fused-ring (bicyclic) bond motifs is 1.